The molecule has 0 spiro atoms. The molecule has 3 aromatic carbocycles. The lowest BCUT2D eigenvalue weighted by molar-refractivity contribution is -0.120. The molecule has 2 N–H and O–H groups in total. The van der Waals surface area contributed by atoms with Gasteiger partial charge in [0.15, 0.2) is 0 Å². The zero-order chi connectivity index (χ0) is 27.5. The molecule has 0 unspecified atom stereocenters. The Balaban J connectivity index is 1.32. The van der Waals surface area contributed by atoms with Gasteiger partial charge in [0.2, 0.25) is 15.9 Å². The molecule has 1 aliphatic heterocycles. The van der Waals surface area contributed by atoms with E-state index in [0.29, 0.717) is 39.8 Å². The van der Waals surface area contributed by atoms with Crippen LogP contribution in [0.3, 0.4) is 0 Å². The van der Waals surface area contributed by atoms with Crippen molar-refractivity contribution >= 4 is 60.5 Å². The van der Waals surface area contributed by atoms with Gasteiger partial charge in [0.1, 0.15) is 0 Å². The van der Waals surface area contributed by atoms with Crippen molar-refractivity contribution in [1.29, 1.82) is 0 Å². The molecule has 0 bridgehead atoms. The van der Waals surface area contributed by atoms with Gasteiger partial charge in [0.25, 0.3) is 10.0 Å². The standard InChI is InChI=1S/C26H27Cl2N3O5S2/c1-18-3-2-4-23(15-18)30-38(35,36)24-9-7-22(8-10-24)29-26(32)19-11-13-31(14-12-19)37(33,34)17-20-5-6-21(27)16-25(20)28/h2-10,15-16,19,30H,11-14,17H2,1H3,(H,29,32). The number of anilines is 2. The average Bonchev–Trinajstić information content (AvgIpc) is 2.86. The fourth-order valence-electron chi connectivity index (χ4n) is 4.21. The van der Waals surface area contributed by atoms with Crippen molar-refractivity contribution < 1.29 is 21.6 Å². The van der Waals surface area contributed by atoms with Gasteiger partial charge in [-0.1, -0.05) is 41.4 Å². The Kier molecular flexibility index (Phi) is 8.68. The molecule has 4 rings (SSSR count). The first-order chi connectivity index (χ1) is 17.9. The number of hydrogen-bond acceptors (Lipinski definition) is 5. The second kappa shape index (κ2) is 11.6. The predicted octanol–water partition coefficient (Wildman–Crippen LogP) is 5.28. The zero-order valence-electron chi connectivity index (χ0n) is 20.5. The summed E-state index contributed by atoms with van der Waals surface area (Å²) in [5, 5.41) is 3.52. The van der Waals surface area contributed by atoms with Crippen LogP contribution in [-0.4, -0.2) is 40.1 Å². The van der Waals surface area contributed by atoms with Gasteiger partial charge in [-0.15, -0.1) is 0 Å². The smallest absolute Gasteiger partial charge is 0.261 e. The lowest BCUT2D eigenvalue weighted by Crippen LogP contribution is -2.41. The van der Waals surface area contributed by atoms with Crippen molar-refractivity contribution in [2.45, 2.75) is 30.4 Å². The van der Waals surface area contributed by atoms with Crippen LogP contribution in [-0.2, 0) is 30.6 Å². The monoisotopic (exact) mass is 595 g/mol. The summed E-state index contributed by atoms with van der Waals surface area (Å²) in [5.41, 5.74) is 2.32. The minimum atomic E-state index is -3.78. The van der Waals surface area contributed by atoms with Gasteiger partial charge in [0.05, 0.1) is 10.6 Å². The van der Waals surface area contributed by atoms with E-state index in [2.05, 4.69) is 10.0 Å². The van der Waals surface area contributed by atoms with Crippen LogP contribution in [0.5, 0.6) is 0 Å². The number of piperidine rings is 1. The number of hydrogen-bond donors (Lipinski definition) is 2. The van der Waals surface area contributed by atoms with Gasteiger partial charge in [0, 0.05) is 40.4 Å². The number of carbonyl (C=O) groups excluding carboxylic acids is 1. The van der Waals surface area contributed by atoms with Gasteiger partial charge in [-0.2, -0.15) is 0 Å². The number of amides is 1. The van der Waals surface area contributed by atoms with Crippen LogP contribution >= 0.6 is 23.2 Å². The molecule has 202 valence electrons. The SMILES string of the molecule is Cc1cccc(NS(=O)(=O)c2ccc(NC(=O)C3CCN(S(=O)(=O)Cc4ccc(Cl)cc4Cl)CC3)cc2)c1. The van der Waals surface area contributed by atoms with Crippen LogP contribution in [0.1, 0.15) is 24.0 Å². The predicted molar refractivity (Wildman–Crippen MR) is 150 cm³/mol. The molecule has 1 amide bonds. The highest BCUT2D eigenvalue weighted by molar-refractivity contribution is 7.92. The first kappa shape index (κ1) is 28.4. The molecule has 1 fully saturated rings. The van der Waals surface area contributed by atoms with Crippen molar-refractivity contribution in [3.8, 4) is 0 Å². The van der Waals surface area contributed by atoms with Crippen LogP contribution < -0.4 is 10.0 Å². The highest BCUT2D eigenvalue weighted by atomic mass is 35.5. The lowest BCUT2D eigenvalue weighted by atomic mass is 9.97. The number of carbonyl (C=O) groups is 1. The van der Waals surface area contributed by atoms with Crippen molar-refractivity contribution in [1.82, 2.24) is 4.31 Å². The maximum atomic E-state index is 12.9. The molecule has 1 heterocycles. The van der Waals surface area contributed by atoms with Crippen molar-refractivity contribution in [3.63, 3.8) is 0 Å². The molecule has 0 aromatic heterocycles. The first-order valence-corrected chi connectivity index (χ1v) is 15.7. The van der Waals surface area contributed by atoms with E-state index in [4.69, 9.17) is 23.2 Å². The summed E-state index contributed by atoms with van der Waals surface area (Å²) in [5.74, 6) is -0.850. The summed E-state index contributed by atoms with van der Waals surface area (Å²) in [7, 11) is -7.40. The molecule has 12 heteroatoms. The Labute approximate surface area is 233 Å². The molecule has 1 saturated heterocycles. The number of benzene rings is 3. The van der Waals surface area contributed by atoms with Gasteiger partial charge in [-0.05, 0) is 79.4 Å². The minimum Gasteiger partial charge on any atom is -0.326 e. The summed E-state index contributed by atoms with van der Waals surface area (Å²) in [4.78, 5) is 12.9. The molecule has 1 aliphatic rings. The summed E-state index contributed by atoms with van der Waals surface area (Å²) in [6.45, 7) is 2.30. The minimum absolute atomic E-state index is 0.0660. The quantitative estimate of drug-likeness (QED) is 0.367. The number of nitrogens with zero attached hydrogens (tertiary/aromatic N) is 1. The second-order valence-corrected chi connectivity index (χ2v) is 13.6. The van der Waals surface area contributed by atoms with Crippen LogP contribution in [0, 0.1) is 12.8 Å². The molecule has 0 saturated carbocycles. The summed E-state index contributed by atoms with van der Waals surface area (Å²) in [6.07, 6.45) is 0.735. The number of rotatable bonds is 8. The lowest BCUT2D eigenvalue weighted by Gasteiger charge is -2.30. The summed E-state index contributed by atoms with van der Waals surface area (Å²) >= 11 is 12.0. The molecular formula is C26H27Cl2N3O5S2. The highest BCUT2D eigenvalue weighted by Gasteiger charge is 2.31. The number of aryl methyl sites for hydroxylation is 1. The Bertz CT molecular complexity index is 1540. The van der Waals surface area contributed by atoms with Gasteiger partial charge < -0.3 is 5.32 Å². The Morgan fingerprint density at radius 1 is 0.921 bits per heavy atom. The largest absolute Gasteiger partial charge is 0.326 e. The molecule has 0 aliphatic carbocycles. The van der Waals surface area contributed by atoms with E-state index in [1.54, 1.807) is 30.3 Å². The van der Waals surface area contributed by atoms with Gasteiger partial charge >= 0.3 is 0 Å². The average molecular weight is 597 g/mol. The molecule has 38 heavy (non-hydrogen) atoms. The Morgan fingerprint density at radius 2 is 1.61 bits per heavy atom. The van der Waals surface area contributed by atoms with Crippen LogP contribution in [0.2, 0.25) is 10.0 Å². The van der Waals surface area contributed by atoms with E-state index in [1.807, 2.05) is 13.0 Å². The highest BCUT2D eigenvalue weighted by Crippen LogP contribution is 2.27. The van der Waals surface area contributed by atoms with Crippen molar-refractivity contribution in [2.24, 2.45) is 5.92 Å². The van der Waals surface area contributed by atoms with E-state index in [0.717, 1.165) is 5.56 Å². The number of sulfonamides is 2. The van der Waals surface area contributed by atoms with Crippen molar-refractivity contribution in [3.05, 3.63) is 87.9 Å². The topological polar surface area (TPSA) is 113 Å². The third-order valence-corrected chi connectivity index (χ3v) is 10.1. The number of halogens is 2. The van der Waals surface area contributed by atoms with E-state index in [-0.39, 0.29) is 35.6 Å². The molecule has 0 radical (unpaired) electrons. The van der Waals surface area contributed by atoms with Gasteiger partial charge in [-0.25, -0.2) is 21.1 Å². The van der Waals surface area contributed by atoms with E-state index < -0.39 is 20.0 Å². The molecular weight excluding hydrogens is 569 g/mol. The second-order valence-electron chi connectivity index (χ2n) is 9.15. The first-order valence-electron chi connectivity index (χ1n) is 11.9. The normalized spacial score (nSPS) is 15.2. The van der Waals surface area contributed by atoms with E-state index >= 15 is 0 Å². The van der Waals surface area contributed by atoms with E-state index in [1.165, 1.54) is 34.6 Å². The fourth-order valence-corrected chi connectivity index (χ4v) is 7.41. The van der Waals surface area contributed by atoms with Gasteiger partial charge in [-0.3, -0.25) is 9.52 Å². The Morgan fingerprint density at radius 3 is 2.24 bits per heavy atom. The Hall–Kier alpha value is -2.63. The van der Waals surface area contributed by atoms with E-state index in [9.17, 15) is 21.6 Å². The third kappa shape index (κ3) is 7.06. The maximum Gasteiger partial charge on any atom is 0.261 e. The number of nitrogens with one attached hydrogen (secondary N) is 2. The fraction of sp³-hybridized carbons (Fsp3) is 0.269. The summed E-state index contributed by atoms with van der Waals surface area (Å²) < 4.78 is 55.1. The zero-order valence-corrected chi connectivity index (χ0v) is 23.7. The summed E-state index contributed by atoms with van der Waals surface area (Å²) in [6, 6.07) is 17.6. The van der Waals surface area contributed by atoms with Crippen molar-refractivity contribution in [2.75, 3.05) is 23.1 Å². The molecule has 8 nitrogen and oxygen atoms in total. The molecule has 3 aromatic rings. The maximum absolute atomic E-state index is 12.9. The third-order valence-electron chi connectivity index (χ3n) is 6.27. The molecule has 0 atom stereocenters. The van der Waals surface area contributed by atoms with Crippen LogP contribution in [0.15, 0.2) is 71.6 Å². The van der Waals surface area contributed by atoms with Crippen LogP contribution in [0.25, 0.3) is 0 Å². The van der Waals surface area contributed by atoms with Crippen LogP contribution in [0.4, 0.5) is 11.4 Å².